The molecule has 1 aromatic carbocycles. The lowest BCUT2D eigenvalue weighted by Gasteiger charge is -2.26. The molecular weight excluding hydrogens is 272 g/mol. The van der Waals surface area contributed by atoms with Crippen molar-refractivity contribution in [2.75, 3.05) is 26.2 Å². The lowest BCUT2D eigenvalue weighted by atomic mass is 10.2. The number of piperazine rings is 1. The minimum atomic E-state index is 0. The van der Waals surface area contributed by atoms with Gasteiger partial charge in [-0.3, -0.25) is 4.90 Å². The molecule has 1 N–H and O–H groups in total. The van der Waals surface area contributed by atoms with Gasteiger partial charge in [0.1, 0.15) is 0 Å². The zero-order valence-corrected chi connectivity index (χ0v) is 12.6. The van der Waals surface area contributed by atoms with Gasteiger partial charge in [0.05, 0.1) is 11.4 Å². The Hall–Kier alpha value is -1.36. The number of nitrogens with one attached hydrogen (secondary N) is 1. The van der Waals surface area contributed by atoms with E-state index >= 15 is 0 Å². The van der Waals surface area contributed by atoms with Crippen molar-refractivity contribution in [1.29, 1.82) is 0 Å². The molecule has 5 heteroatoms. The summed E-state index contributed by atoms with van der Waals surface area (Å²) in [6.45, 7) is 7.51. The molecule has 0 aliphatic carbocycles. The Morgan fingerprint density at radius 2 is 1.85 bits per heavy atom. The van der Waals surface area contributed by atoms with Crippen LogP contribution in [0, 0.1) is 6.92 Å². The number of rotatable bonds is 3. The molecule has 2 heterocycles. The zero-order valence-electron chi connectivity index (χ0n) is 11.7. The van der Waals surface area contributed by atoms with Crippen LogP contribution in [0.3, 0.4) is 0 Å². The Morgan fingerprint density at radius 1 is 1.15 bits per heavy atom. The van der Waals surface area contributed by atoms with Crippen molar-refractivity contribution in [1.82, 2.24) is 20.0 Å². The predicted molar refractivity (Wildman–Crippen MR) is 83.7 cm³/mol. The molecule has 0 bridgehead atoms. The molecule has 0 amide bonds. The molecule has 1 fully saturated rings. The number of aryl methyl sites for hydroxylation is 1. The normalized spacial score (nSPS) is 15.8. The highest BCUT2D eigenvalue weighted by Gasteiger charge is 2.13. The van der Waals surface area contributed by atoms with Crippen molar-refractivity contribution < 1.29 is 0 Å². The summed E-state index contributed by atoms with van der Waals surface area (Å²) >= 11 is 0. The summed E-state index contributed by atoms with van der Waals surface area (Å²) in [5.74, 6) is 0. The van der Waals surface area contributed by atoms with E-state index in [9.17, 15) is 0 Å². The minimum Gasteiger partial charge on any atom is -0.314 e. The second kappa shape index (κ2) is 6.88. The number of hydrogen-bond donors (Lipinski definition) is 1. The third kappa shape index (κ3) is 3.39. The average molecular weight is 293 g/mol. The quantitative estimate of drug-likeness (QED) is 0.939. The molecule has 20 heavy (non-hydrogen) atoms. The first-order valence-corrected chi connectivity index (χ1v) is 6.86. The van der Waals surface area contributed by atoms with Crippen molar-refractivity contribution >= 4 is 12.4 Å². The van der Waals surface area contributed by atoms with Crippen molar-refractivity contribution in [3.8, 4) is 5.69 Å². The molecule has 1 saturated heterocycles. The first kappa shape index (κ1) is 15.0. The number of hydrogen-bond acceptors (Lipinski definition) is 3. The maximum atomic E-state index is 4.62. The van der Waals surface area contributed by atoms with Gasteiger partial charge in [0.25, 0.3) is 0 Å². The van der Waals surface area contributed by atoms with Gasteiger partial charge in [-0.2, -0.15) is 5.10 Å². The van der Waals surface area contributed by atoms with Crippen LogP contribution in [0.5, 0.6) is 0 Å². The average Bonchev–Trinajstić information content (AvgIpc) is 2.82. The summed E-state index contributed by atoms with van der Waals surface area (Å²) in [6, 6.07) is 10.3. The molecule has 0 atom stereocenters. The highest BCUT2D eigenvalue weighted by atomic mass is 35.5. The van der Waals surface area contributed by atoms with E-state index in [1.54, 1.807) is 0 Å². The zero-order chi connectivity index (χ0) is 13.1. The first-order valence-electron chi connectivity index (χ1n) is 6.86. The smallest absolute Gasteiger partial charge is 0.0645 e. The van der Waals surface area contributed by atoms with Gasteiger partial charge >= 0.3 is 0 Å². The molecule has 0 saturated carbocycles. The number of nitrogens with zero attached hydrogens (tertiary/aromatic N) is 3. The van der Waals surface area contributed by atoms with Gasteiger partial charge in [-0.05, 0) is 19.1 Å². The molecule has 1 aliphatic rings. The van der Waals surface area contributed by atoms with E-state index in [-0.39, 0.29) is 12.4 Å². The summed E-state index contributed by atoms with van der Waals surface area (Å²) in [6.07, 6.45) is 2.16. The van der Waals surface area contributed by atoms with Crippen LogP contribution in [0.25, 0.3) is 5.69 Å². The molecule has 0 unspecified atom stereocenters. The highest BCUT2D eigenvalue weighted by molar-refractivity contribution is 5.85. The van der Waals surface area contributed by atoms with Gasteiger partial charge < -0.3 is 5.32 Å². The molecular formula is C15H21ClN4. The molecule has 0 spiro atoms. The van der Waals surface area contributed by atoms with Gasteiger partial charge in [-0.1, -0.05) is 18.2 Å². The second-order valence-corrected chi connectivity index (χ2v) is 5.05. The molecule has 0 radical (unpaired) electrons. The van der Waals surface area contributed by atoms with Crippen LogP contribution in [-0.4, -0.2) is 40.9 Å². The Morgan fingerprint density at radius 3 is 2.55 bits per heavy atom. The standard InChI is InChI=1S/C15H20N4.ClH/c1-13-14(11-18-9-7-16-8-10-18)12-19(17-13)15-5-3-2-4-6-15;/h2-6,12,16H,7-11H2,1H3;1H. The highest BCUT2D eigenvalue weighted by Crippen LogP contribution is 2.14. The second-order valence-electron chi connectivity index (χ2n) is 5.05. The van der Waals surface area contributed by atoms with E-state index in [1.807, 2.05) is 22.9 Å². The number of benzene rings is 1. The summed E-state index contributed by atoms with van der Waals surface area (Å²) in [4.78, 5) is 2.48. The fourth-order valence-corrected chi connectivity index (χ4v) is 2.47. The number of para-hydroxylation sites is 1. The van der Waals surface area contributed by atoms with E-state index in [0.717, 1.165) is 44.1 Å². The molecule has 1 aliphatic heterocycles. The Kier molecular flexibility index (Phi) is 5.17. The van der Waals surface area contributed by atoms with Gasteiger partial charge in [0, 0.05) is 44.5 Å². The molecule has 4 nitrogen and oxygen atoms in total. The fraction of sp³-hybridized carbons (Fsp3) is 0.400. The van der Waals surface area contributed by atoms with Crippen LogP contribution < -0.4 is 5.32 Å². The van der Waals surface area contributed by atoms with Gasteiger partial charge in [-0.15, -0.1) is 12.4 Å². The van der Waals surface area contributed by atoms with Crippen LogP contribution >= 0.6 is 12.4 Å². The largest absolute Gasteiger partial charge is 0.314 e. The predicted octanol–water partition coefficient (Wildman–Crippen LogP) is 2.01. The summed E-state index contributed by atoms with van der Waals surface area (Å²) in [5, 5.41) is 8.00. The van der Waals surface area contributed by atoms with E-state index in [4.69, 9.17) is 0 Å². The van der Waals surface area contributed by atoms with Crippen LogP contribution in [0.1, 0.15) is 11.3 Å². The lowest BCUT2D eigenvalue weighted by molar-refractivity contribution is 0.233. The van der Waals surface area contributed by atoms with Crippen LogP contribution in [0.15, 0.2) is 36.5 Å². The first-order chi connectivity index (χ1) is 9.33. The lowest BCUT2D eigenvalue weighted by Crippen LogP contribution is -2.42. The van der Waals surface area contributed by atoms with Gasteiger partial charge in [0.2, 0.25) is 0 Å². The van der Waals surface area contributed by atoms with Gasteiger partial charge in [-0.25, -0.2) is 4.68 Å². The van der Waals surface area contributed by atoms with E-state index < -0.39 is 0 Å². The van der Waals surface area contributed by atoms with E-state index in [2.05, 4.69) is 40.6 Å². The van der Waals surface area contributed by atoms with E-state index in [0.29, 0.717) is 0 Å². The molecule has 1 aromatic heterocycles. The summed E-state index contributed by atoms with van der Waals surface area (Å²) in [7, 11) is 0. The summed E-state index contributed by atoms with van der Waals surface area (Å²) in [5.41, 5.74) is 3.57. The minimum absolute atomic E-state index is 0. The third-order valence-corrected chi connectivity index (χ3v) is 3.62. The van der Waals surface area contributed by atoms with Crippen LogP contribution in [0.4, 0.5) is 0 Å². The van der Waals surface area contributed by atoms with Crippen molar-refractivity contribution in [2.45, 2.75) is 13.5 Å². The Balaban J connectivity index is 0.00000147. The Bertz CT molecular complexity index is 532. The monoisotopic (exact) mass is 292 g/mol. The van der Waals surface area contributed by atoms with Crippen LogP contribution in [-0.2, 0) is 6.54 Å². The van der Waals surface area contributed by atoms with Crippen molar-refractivity contribution in [3.63, 3.8) is 0 Å². The number of aromatic nitrogens is 2. The van der Waals surface area contributed by atoms with Gasteiger partial charge in [0.15, 0.2) is 0 Å². The molecule has 108 valence electrons. The topological polar surface area (TPSA) is 33.1 Å². The van der Waals surface area contributed by atoms with Crippen LogP contribution in [0.2, 0.25) is 0 Å². The molecule has 2 aromatic rings. The maximum Gasteiger partial charge on any atom is 0.0645 e. The fourth-order valence-electron chi connectivity index (χ4n) is 2.47. The number of halogens is 1. The summed E-state index contributed by atoms with van der Waals surface area (Å²) < 4.78 is 1.98. The van der Waals surface area contributed by atoms with Crippen molar-refractivity contribution in [3.05, 3.63) is 47.8 Å². The maximum absolute atomic E-state index is 4.62. The third-order valence-electron chi connectivity index (χ3n) is 3.62. The Labute approximate surface area is 126 Å². The SMILES string of the molecule is Cc1nn(-c2ccccc2)cc1CN1CCNCC1.Cl. The molecule has 3 rings (SSSR count). The van der Waals surface area contributed by atoms with E-state index in [1.165, 1.54) is 5.56 Å². The van der Waals surface area contributed by atoms with Crippen molar-refractivity contribution in [2.24, 2.45) is 0 Å².